The molecule has 0 radical (unpaired) electrons. The molecule has 1 aromatic carbocycles. The zero-order valence-electron chi connectivity index (χ0n) is 11.3. The molecule has 1 aromatic heterocycles. The van der Waals surface area contributed by atoms with Gasteiger partial charge in [-0.25, -0.2) is 0 Å². The van der Waals surface area contributed by atoms with Gasteiger partial charge in [0, 0.05) is 16.5 Å². The number of aryl methyl sites for hydroxylation is 1. The molecule has 0 aliphatic carbocycles. The number of nitrogens with zero attached hydrogens (tertiary/aromatic N) is 1. The van der Waals surface area contributed by atoms with Crippen LogP contribution in [0.2, 0.25) is 0 Å². The Morgan fingerprint density at radius 1 is 1.37 bits per heavy atom. The highest BCUT2D eigenvalue weighted by molar-refractivity contribution is 7.10. The van der Waals surface area contributed by atoms with Gasteiger partial charge in [-0.3, -0.25) is 4.99 Å². The molecule has 0 saturated carbocycles. The summed E-state index contributed by atoms with van der Waals surface area (Å²) >= 11 is 1.76. The molecule has 0 aliphatic rings. The van der Waals surface area contributed by atoms with Crippen molar-refractivity contribution in [2.24, 2.45) is 10.7 Å². The number of anilines is 1. The molecule has 2 rings (SSSR count). The van der Waals surface area contributed by atoms with Gasteiger partial charge in [-0.2, -0.15) is 0 Å². The van der Waals surface area contributed by atoms with Gasteiger partial charge >= 0.3 is 0 Å². The second-order valence-corrected chi connectivity index (χ2v) is 5.62. The normalized spacial score (nSPS) is 13.3. The first-order valence-electron chi connectivity index (χ1n) is 6.32. The Labute approximate surface area is 118 Å². The SMILES string of the molecule is Cc1cccc(NC(N)=NCC(C)c2cccs2)c1. The number of thiophene rings is 1. The quantitative estimate of drug-likeness (QED) is 0.660. The van der Waals surface area contributed by atoms with Gasteiger partial charge in [-0.1, -0.05) is 25.1 Å². The van der Waals surface area contributed by atoms with Crippen LogP contribution in [0, 0.1) is 6.92 Å². The highest BCUT2D eigenvalue weighted by Gasteiger charge is 2.05. The molecule has 0 aliphatic heterocycles. The molecule has 3 N–H and O–H groups in total. The highest BCUT2D eigenvalue weighted by Crippen LogP contribution is 2.20. The third-order valence-electron chi connectivity index (χ3n) is 2.85. The van der Waals surface area contributed by atoms with Crippen molar-refractivity contribution in [3.63, 3.8) is 0 Å². The fourth-order valence-electron chi connectivity index (χ4n) is 1.81. The maximum absolute atomic E-state index is 5.90. The van der Waals surface area contributed by atoms with E-state index >= 15 is 0 Å². The van der Waals surface area contributed by atoms with E-state index in [1.165, 1.54) is 10.4 Å². The van der Waals surface area contributed by atoms with E-state index in [0.717, 1.165) is 5.69 Å². The van der Waals surface area contributed by atoms with Crippen molar-refractivity contribution in [2.75, 3.05) is 11.9 Å². The zero-order valence-corrected chi connectivity index (χ0v) is 12.1. The predicted molar refractivity (Wildman–Crippen MR) is 84.0 cm³/mol. The van der Waals surface area contributed by atoms with Crippen molar-refractivity contribution in [3.05, 3.63) is 52.2 Å². The summed E-state index contributed by atoms with van der Waals surface area (Å²) < 4.78 is 0. The molecule has 1 atom stereocenters. The van der Waals surface area contributed by atoms with Crippen LogP contribution in [0.15, 0.2) is 46.8 Å². The number of benzene rings is 1. The molecule has 2 aromatic rings. The van der Waals surface area contributed by atoms with Gasteiger partial charge < -0.3 is 11.1 Å². The zero-order chi connectivity index (χ0) is 13.7. The topological polar surface area (TPSA) is 50.4 Å². The van der Waals surface area contributed by atoms with Gasteiger partial charge in [0.2, 0.25) is 0 Å². The first-order valence-corrected chi connectivity index (χ1v) is 7.20. The summed E-state index contributed by atoms with van der Waals surface area (Å²) in [4.78, 5) is 5.73. The number of nitrogens with one attached hydrogen (secondary N) is 1. The van der Waals surface area contributed by atoms with Crippen molar-refractivity contribution >= 4 is 23.0 Å². The molecule has 0 fully saturated rings. The molecule has 1 unspecified atom stereocenters. The van der Waals surface area contributed by atoms with Crippen molar-refractivity contribution in [1.82, 2.24) is 0 Å². The molecule has 0 amide bonds. The first kappa shape index (κ1) is 13.6. The van der Waals surface area contributed by atoms with Crippen molar-refractivity contribution in [1.29, 1.82) is 0 Å². The van der Waals surface area contributed by atoms with Gasteiger partial charge in [-0.05, 0) is 36.1 Å². The summed E-state index contributed by atoms with van der Waals surface area (Å²) in [5.41, 5.74) is 8.08. The standard InChI is InChI=1S/C15H19N3S/c1-11-5-3-6-13(9-11)18-15(16)17-10-12(2)14-7-4-8-19-14/h3-9,12H,10H2,1-2H3,(H3,16,17,18). The number of rotatable bonds is 4. The van der Waals surface area contributed by atoms with E-state index in [4.69, 9.17) is 5.73 Å². The fourth-order valence-corrected chi connectivity index (χ4v) is 2.59. The molecule has 100 valence electrons. The van der Waals surface area contributed by atoms with E-state index in [-0.39, 0.29) is 0 Å². The van der Waals surface area contributed by atoms with Gasteiger partial charge in [0.15, 0.2) is 5.96 Å². The lowest BCUT2D eigenvalue weighted by molar-refractivity contribution is 0.790. The predicted octanol–water partition coefficient (Wildman–Crippen LogP) is 3.59. The fraction of sp³-hybridized carbons (Fsp3) is 0.267. The lowest BCUT2D eigenvalue weighted by Crippen LogP contribution is -2.23. The number of guanidine groups is 1. The third kappa shape index (κ3) is 4.10. The van der Waals surface area contributed by atoms with Crippen LogP contribution in [-0.4, -0.2) is 12.5 Å². The van der Waals surface area contributed by atoms with Gasteiger partial charge in [-0.15, -0.1) is 11.3 Å². The summed E-state index contributed by atoms with van der Waals surface area (Å²) in [6.07, 6.45) is 0. The Morgan fingerprint density at radius 2 is 2.21 bits per heavy atom. The Bertz CT molecular complexity index is 546. The van der Waals surface area contributed by atoms with Crippen LogP contribution in [0.4, 0.5) is 5.69 Å². The Morgan fingerprint density at radius 3 is 2.89 bits per heavy atom. The maximum atomic E-state index is 5.90. The smallest absolute Gasteiger partial charge is 0.193 e. The monoisotopic (exact) mass is 273 g/mol. The molecular formula is C15H19N3S. The molecule has 4 heteroatoms. The van der Waals surface area contributed by atoms with E-state index in [2.05, 4.69) is 47.7 Å². The van der Waals surface area contributed by atoms with E-state index in [9.17, 15) is 0 Å². The molecule has 0 spiro atoms. The molecule has 0 saturated heterocycles. The van der Waals surface area contributed by atoms with E-state index in [1.807, 2.05) is 18.2 Å². The summed E-state index contributed by atoms with van der Waals surface area (Å²) in [7, 11) is 0. The molecular weight excluding hydrogens is 254 g/mol. The first-order chi connectivity index (χ1) is 9.15. The van der Waals surface area contributed by atoms with E-state index in [1.54, 1.807) is 11.3 Å². The number of hydrogen-bond acceptors (Lipinski definition) is 2. The van der Waals surface area contributed by atoms with Crippen LogP contribution >= 0.6 is 11.3 Å². The van der Waals surface area contributed by atoms with Crippen molar-refractivity contribution < 1.29 is 0 Å². The largest absolute Gasteiger partial charge is 0.370 e. The van der Waals surface area contributed by atoms with Crippen LogP contribution in [0.5, 0.6) is 0 Å². The summed E-state index contributed by atoms with van der Waals surface area (Å²) in [5.74, 6) is 0.867. The molecule has 19 heavy (non-hydrogen) atoms. The molecule has 1 heterocycles. The van der Waals surface area contributed by atoms with Crippen molar-refractivity contribution in [2.45, 2.75) is 19.8 Å². The summed E-state index contributed by atoms with van der Waals surface area (Å²) in [5, 5.41) is 5.20. The lowest BCUT2D eigenvalue weighted by atomic mass is 10.1. The van der Waals surface area contributed by atoms with Gasteiger partial charge in [0.1, 0.15) is 0 Å². The van der Waals surface area contributed by atoms with Gasteiger partial charge in [0.05, 0.1) is 6.54 Å². The van der Waals surface area contributed by atoms with Crippen LogP contribution in [0.25, 0.3) is 0 Å². The average molecular weight is 273 g/mol. The minimum absolute atomic E-state index is 0.401. The van der Waals surface area contributed by atoms with Crippen LogP contribution in [0.1, 0.15) is 23.3 Å². The average Bonchev–Trinajstić information content (AvgIpc) is 2.90. The Hall–Kier alpha value is -1.81. The van der Waals surface area contributed by atoms with Crippen LogP contribution in [0.3, 0.4) is 0 Å². The number of hydrogen-bond donors (Lipinski definition) is 2. The minimum atomic E-state index is 0.401. The minimum Gasteiger partial charge on any atom is -0.370 e. The second kappa shape index (κ2) is 6.38. The van der Waals surface area contributed by atoms with Crippen LogP contribution < -0.4 is 11.1 Å². The Kier molecular flexibility index (Phi) is 4.58. The van der Waals surface area contributed by atoms with Crippen molar-refractivity contribution in [3.8, 4) is 0 Å². The maximum Gasteiger partial charge on any atom is 0.193 e. The third-order valence-corrected chi connectivity index (χ3v) is 3.96. The van der Waals surface area contributed by atoms with Crippen LogP contribution in [-0.2, 0) is 0 Å². The molecule has 3 nitrogen and oxygen atoms in total. The number of nitrogens with two attached hydrogens (primary N) is 1. The molecule has 0 bridgehead atoms. The summed E-state index contributed by atoms with van der Waals surface area (Å²) in [6, 6.07) is 12.3. The van der Waals surface area contributed by atoms with E-state index in [0.29, 0.717) is 18.4 Å². The van der Waals surface area contributed by atoms with Gasteiger partial charge in [0.25, 0.3) is 0 Å². The Balaban J connectivity index is 1.92. The van der Waals surface area contributed by atoms with E-state index < -0.39 is 0 Å². The number of aliphatic imine (C=N–C) groups is 1. The highest BCUT2D eigenvalue weighted by atomic mass is 32.1. The second-order valence-electron chi connectivity index (χ2n) is 4.64. The summed E-state index contributed by atoms with van der Waals surface area (Å²) in [6.45, 7) is 4.91. The lowest BCUT2D eigenvalue weighted by Gasteiger charge is -2.09.